The standard InChI is InChI=1S/C20H23N3O5S/c1-3-19(24)21-14-4-10-17(11-5-14)29(26,27)22-18-12-13-23(20(18)25)15-6-8-16(28-2)9-7-15/h4-11,18,22H,3,12-13H2,1-2H3,(H,21,24). The molecule has 1 aliphatic rings. The number of nitrogens with zero attached hydrogens (tertiary/aromatic N) is 1. The number of methoxy groups -OCH3 is 1. The number of nitrogens with one attached hydrogen (secondary N) is 2. The molecule has 0 aliphatic carbocycles. The van der Waals surface area contributed by atoms with Crippen molar-refractivity contribution in [2.24, 2.45) is 0 Å². The highest BCUT2D eigenvalue weighted by atomic mass is 32.2. The lowest BCUT2D eigenvalue weighted by atomic mass is 10.2. The number of benzene rings is 2. The van der Waals surface area contributed by atoms with Crippen molar-refractivity contribution in [1.29, 1.82) is 0 Å². The predicted molar refractivity (Wildman–Crippen MR) is 109 cm³/mol. The highest BCUT2D eigenvalue weighted by molar-refractivity contribution is 7.89. The van der Waals surface area contributed by atoms with E-state index in [1.165, 1.54) is 24.3 Å². The fraction of sp³-hybridized carbons (Fsp3) is 0.300. The first-order chi connectivity index (χ1) is 13.8. The summed E-state index contributed by atoms with van der Waals surface area (Å²) in [6.07, 6.45) is 0.699. The van der Waals surface area contributed by atoms with Crippen LogP contribution in [0.4, 0.5) is 11.4 Å². The van der Waals surface area contributed by atoms with Gasteiger partial charge in [-0.1, -0.05) is 6.92 Å². The van der Waals surface area contributed by atoms with Crippen molar-refractivity contribution in [2.45, 2.75) is 30.7 Å². The van der Waals surface area contributed by atoms with Gasteiger partial charge in [-0.05, 0) is 55.0 Å². The summed E-state index contributed by atoms with van der Waals surface area (Å²) >= 11 is 0. The molecule has 2 aromatic carbocycles. The number of hydrogen-bond acceptors (Lipinski definition) is 5. The zero-order chi connectivity index (χ0) is 21.0. The zero-order valence-corrected chi connectivity index (χ0v) is 17.0. The first kappa shape index (κ1) is 20.8. The van der Waals surface area contributed by atoms with E-state index in [9.17, 15) is 18.0 Å². The normalized spacial score (nSPS) is 16.7. The molecule has 2 aromatic rings. The van der Waals surface area contributed by atoms with E-state index >= 15 is 0 Å². The van der Waals surface area contributed by atoms with Crippen LogP contribution in [-0.4, -0.2) is 39.9 Å². The van der Waals surface area contributed by atoms with E-state index in [2.05, 4.69) is 10.0 Å². The summed E-state index contributed by atoms with van der Waals surface area (Å²) in [4.78, 5) is 25.7. The quantitative estimate of drug-likeness (QED) is 0.718. The average Bonchev–Trinajstić information content (AvgIpc) is 3.08. The minimum atomic E-state index is -3.87. The van der Waals surface area contributed by atoms with E-state index in [0.29, 0.717) is 36.5 Å². The van der Waals surface area contributed by atoms with Crippen LogP contribution >= 0.6 is 0 Å². The highest BCUT2D eigenvalue weighted by Crippen LogP contribution is 2.25. The number of carbonyl (C=O) groups excluding carboxylic acids is 2. The second-order valence-electron chi connectivity index (χ2n) is 6.58. The molecule has 1 atom stereocenters. The maximum absolute atomic E-state index is 12.7. The Morgan fingerprint density at radius 2 is 1.79 bits per heavy atom. The third kappa shape index (κ3) is 4.75. The zero-order valence-electron chi connectivity index (χ0n) is 16.2. The second kappa shape index (κ2) is 8.62. The van der Waals surface area contributed by atoms with Crippen LogP contribution in [0.5, 0.6) is 5.75 Å². The Balaban J connectivity index is 1.68. The summed E-state index contributed by atoms with van der Waals surface area (Å²) in [6, 6.07) is 12.0. The van der Waals surface area contributed by atoms with Crippen molar-refractivity contribution < 1.29 is 22.7 Å². The second-order valence-corrected chi connectivity index (χ2v) is 8.29. The number of sulfonamides is 1. The van der Waals surface area contributed by atoms with Crippen molar-refractivity contribution >= 4 is 33.2 Å². The molecule has 3 rings (SSSR count). The smallest absolute Gasteiger partial charge is 0.245 e. The lowest BCUT2D eigenvalue weighted by Crippen LogP contribution is -2.41. The summed E-state index contributed by atoms with van der Waals surface area (Å²) < 4.78 is 32.9. The fourth-order valence-corrected chi connectivity index (χ4v) is 4.25. The summed E-state index contributed by atoms with van der Waals surface area (Å²) in [6.45, 7) is 2.15. The van der Waals surface area contributed by atoms with Crippen molar-refractivity contribution in [2.75, 3.05) is 23.9 Å². The SMILES string of the molecule is CCC(=O)Nc1ccc(S(=O)(=O)NC2CCN(c3ccc(OC)cc3)C2=O)cc1. The third-order valence-corrected chi connectivity index (χ3v) is 6.14. The molecule has 2 amide bonds. The van der Waals surface area contributed by atoms with E-state index in [4.69, 9.17) is 4.74 Å². The van der Waals surface area contributed by atoms with Gasteiger partial charge in [0.15, 0.2) is 0 Å². The van der Waals surface area contributed by atoms with Gasteiger partial charge in [0.05, 0.1) is 12.0 Å². The largest absolute Gasteiger partial charge is 0.497 e. The van der Waals surface area contributed by atoms with E-state index < -0.39 is 16.1 Å². The molecule has 1 heterocycles. The number of amides is 2. The molecule has 0 spiro atoms. The molecule has 8 nitrogen and oxygen atoms in total. The Kier molecular flexibility index (Phi) is 6.19. The highest BCUT2D eigenvalue weighted by Gasteiger charge is 2.35. The summed E-state index contributed by atoms with van der Waals surface area (Å²) in [5.74, 6) is 0.218. The fourth-order valence-electron chi connectivity index (χ4n) is 3.03. The molecule has 0 bridgehead atoms. The van der Waals surface area contributed by atoms with Crippen LogP contribution in [0, 0.1) is 0 Å². The summed E-state index contributed by atoms with van der Waals surface area (Å²) in [5, 5.41) is 2.66. The van der Waals surface area contributed by atoms with Crippen LogP contribution in [0.1, 0.15) is 19.8 Å². The van der Waals surface area contributed by atoms with Gasteiger partial charge in [0, 0.05) is 24.3 Å². The Morgan fingerprint density at radius 1 is 1.14 bits per heavy atom. The first-order valence-electron chi connectivity index (χ1n) is 9.21. The Bertz CT molecular complexity index is 988. The molecule has 0 saturated carbocycles. The van der Waals surface area contributed by atoms with Gasteiger partial charge in [-0.25, -0.2) is 8.42 Å². The van der Waals surface area contributed by atoms with E-state index in [1.807, 2.05) is 0 Å². The van der Waals surface area contributed by atoms with Gasteiger partial charge in [0.1, 0.15) is 11.8 Å². The minimum absolute atomic E-state index is 0.0303. The topological polar surface area (TPSA) is 105 Å². The monoisotopic (exact) mass is 417 g/mol. The third-order valence-electron chi connectivity index (χ3n) is 4.66. The van der Waals surface area contributed by atoms with E-state index in [-0.39, 0.29) is 16.7 Å². The Hall–Kier alpha value is -2.91. The van der Waals surface area contributed by atoms with Gasteiger partial charge in [-0.2, -0.15) is 4.72 Å². The maximum atomic E-state index is 12.7. The number of ether oxygens (including phenoxy) is 1. The lowest BCUT2D eigenvalue weighted by Gasteiger charge is -2.17. The molecule has 0 aromatic heterocycles. The average molecular weight is 417 g/mol. The molecule has 9 heteroatoms. The van der Waals surface area contributed by atoms with E-state index in [0.717, 1.165) is 0 Å². The van der Waals surface area contributed by atoms with Gasteiger partial charge in [0.2, 0.25) is 21.8 Å². The molecule has 0 radical (unpaired) electrons. The van der Waals surface area contributed by atoms with Crippen LogP contribution in [0.25, 0.3) is 0 Å². The predicted octanol–water partition coefficient (Wildman–Crippen LogP) is 2.13. The van der Waals surface area contributed by atoms with Gasteiger partial charge in [-0.3, -0.25) is 9.59 Å². The maximum Gasteiger partial charge on any atom is 0.245 e. The number of anilines is 2. The van der Waals surface area contributed by atoms with Gasteiger partial charge in [-0.15, -0.1) is 0 Å². The number of carbonyl (C=O) groups is 2. The van der Waals surface area contributed by atoms with Crippen molar-refractivity contribution in [1.82, 2.24) is 4.72 Å². The van der Waals surface area contributed by atoms with Crippen LogP contribution in [0.15, 0.2) is 53.4 Å². The molecule has 1 aliphatic heterocycles. The first-order valence-corrected chi connectivity index (χ1v) is 10.7. The Morgan fingerprint density at radius 3 is 2.38 bits per heavy atom. The summed E-state index contributed by atoms with van der Waals surface area (Å²) in [7, 11) is -2.31. The van der Waals surface area contributed by atoms with E-state index in [1.54, 1.807) is 43.2 Å². The summed E-state index contributed by atoms with van der Waals surface area (Å²) in [5.41, 5.74) is 1.20. The lowest BCUT2D eigenvalue weighted by molar-refractivity contribution is -0.118. The van der Waals surface area contributed by atoms with Crippen LogP contribution in [0.3, 0.4) is 0 Å². The molecular weight excluding hydrogens is 394 g/mol. The molecular formula is C20H23N3O5S. The molecule has 1 unspecified atom stereocenters. The molecule has 2 N–H and O–H groups in total. The van der Waals surface area contributed by atoms with Gasteiger partial charge >= 0.3 is 0 Å². The minimum Gasteiger partial charge on any atom is -0.497 e. The molecule has 154 valence electrons. The molecule has 1 fully saturated rings. The van der Waals surface area contributed by atoms with Crippen LogP contribution in [-0.2, 0) is 19.6 Å². The Labute approximate surface area is 169 Å². The van der Waals surface area contributed by atoms with Crippen molar-refractivity contribution in [3.8, 4) is 5.75 Å². The van der Waals surface area contributed by atoms with Crippen LogP contribution in [0.2, 0.25) is 0 Å². The van der Waals surface area contributed by atoms with Crippen molar-refractivity contribution in [3.63, 3.8) is 0 Å². The number of rotatable bonds is 7. The van der Waals surface area contributed by atoms with Crippen LogP contribution < -0.4 is 19.7 Å². The number of hydrogen-bond donors (Lipinski definition) is 2. The molecule has 1 saturated heterocycles. The molecule has 29 heavy (non-hydrogen) atoms. The van der Waals surface area contributed by atoms with Crippen molar-refractivity contribution in [3.05, 3.63) is 48.5 Å². The van der Waals surface area contributed by atoms with Gasteiger partial charge in [0.25, 0.3) is 0 Å². The van der Waals surface area contributed by atoms with Gasteiger partial charge < -0.3 is 15.0 Å².